The second kappa shape index (κ2) is 10.6. The number of hydrogen-bond donors (Lipinski definition) is 1. The summed E-state index contributed by atoms with van der Waals surface area (Å²) in [5.41, 5.74) is 3.09. The van der Waals surface area contributed by atoms with E-state index in [0.717, 1.165) is 42.1 Å². The van der Waals surface area contributed by atoms with E-state index in [0.29, 0.717) is 24.2 Å². The third-order valence-corrected chi connectivity index (χ3v) is 5.28. The monoisotopic (exact) mass is 424 g/mol. The number of aryl methyl sites for hydroxylation is 1. The highest BCUT2D eigenvalue weighted by molar-refractivity contribution is 5.87. The first-order valence-electron chi connectivity index (χ1n) is 10.6. The zero-order valence-electron chi connectivity index (χ0n) is 18.0. The number of methoxy groups -OCH3 is 1. The molecule has 0 saturated heterocycles. The Morgan fingerprint density at radius 2 is 1.97 bits per heavy atom. The van der Waals surface area contributed by atoms with E-state index in [2.05, 4.69) is 11.9 Å². The molecule has 0 aliphatic rings. The quantitative estimate of drug-likeness (QED) is 0.181. The van der Waals surface area contributed by atoms with E-state index in [4.69, 9.17) is 9.47 Å². The maximum absolute atomic E-state index is 11.9. The molecule has 0 bridgehead atoms. The Kier molecular flexibility index (Phi) is 7.65. The summed E-state index contributed by atoms with van der Waals surface area (Å²) in [5, 5.41) is 12.9. The Labute approximate surface area is 181 Å². The van der Waals surface area contributed by atoms with E-state index in [1.165, 1.54) is 13.2 Å². The van der Waals surface area contributed by atoms with E-state index < -0.39 is 4.92 Å². The summed E-state index contributed by atoms with van der Waals surface area (Å²) < 4.78 is 10.7. The summed E-state index contributed by atoms with van der Waals surface area (Å²) in [5.74, 6) is -0.0765. The number of nitro benzene ring substituents is 1. The van der Waals surface area contributed by atoms with Crippen LogP contribution in [0.2, 0.25) is 0 Å². The van der Waals surface area contributed by atoms with E-state index in [1.54, 1.807) is 0 Å². The van der Waals surface area contributed by atoms with E-state index in [-0.39, 0.29) is 23.8 Å². The Morgan fingerprint density at radius 3 is 2.71 bits per heavy atom. The number of aromatic amines is 1. The lowest BCUT2D eigenvalue weighted by Gasteiger charge is -2.14. The van der Waals surface area contributed by atoms with Crippen molar-refractivity contribution in [2.24, 2.45) is 0 Å². The van der Waals surface area contributed by atoms with Crippen molar-refractivity contribution in [1.82, 2.24) is 4.98 Å². The van der Waals surface area contributed by atoms with Gasteiger partial charge in [0.25, 0.3) is 0 Å². The molecule has 3 rings (SSSR count). The maximum Gasteiger partial charge on any atom is 0.311 e. The Hall–Kier alpha value is -3.35. The van der Waals surface area contributed by atoms with Crippen molar-refractivity contribution < 1.29 is 19.2 Å². The van der Waals surface area contributed by atoms with Gasteiger partial charge in [-0.1, -0.05) is 32.3 Å². The fourth-order valence-corrected chi connectivity index (χ4v) is 3.59. The molecule has 0 spiro atoms. The van der Waals surface area contributed by atoms with Gasteiger partial charge in [0.2, 0.25) is 5.75 Å². The molecule has 0 fully saturated rings. The average molecular weight is 424 g/mol. The van der Waals surface area contributed by atoms with Crippen molar-refractivity contribution in [3.8, 4) is 16.9 Å². The maximum atomic E-state index is 11.9. The largest absolute Gasteiger partial charge is 0.486 e. The molecule has 3 aromatic rings. The number of hydrogen-bond acceptors (Lipinski definition) is 5. The minimum atomic E-state index is -0.415. The summed E-state index contributed by atoms with van der Waals surface area (Å²) >= 11 is 0. The van der Waals surface area contributed by atoms with E-state index >= 15 is 0 Å². The van der Waals surface area contributed by atoms with Gasteiger partial charge in [0.1, 0.15) is 0 Å². The van der Waals surface area contributed by atoms with Crippen molar-refractivity contribution in [3.63, 3.8) is 0 Å². The van der Waals surface area contributed by atoms with Crippen LogP contribution in [-0.2, 0) is 16.0 Å². The molecule has 7 nitrogen and oxygen atoms in total. The van der Waals surface area contributed by atoms with Gasteiger partial charge in [0.15, 0.2) is 0 Å². The zero-order valence-corrected chi connectivity index (χ0v) is 18.0. The molecule has 0 unspecified atom stereocenters. The number of rotatable bonds is 11. The number of aromatic nitrogens is 1. The van der Waals surface area contributed by atoms with Crippen molar-refractivity contribution in [1.29, 1.82) is 0 Å². The second-order valence-corrected chi connectivity index (χ2v) is 7.51. The van der Waals surface area contributed by atoms with Crippen LogP contribution >= 0.6 is 0 Å². The van der Waals surface area contributed by atoms with Crippen LogP contribution in [0, 0.1) is 10.1 Å². The number of nitrogens with zero attached hydrogens (tertiary/aromatic N) is 1. The molecular weight excluding hydrogens is 396 g/mol. The molecule has 2 aromatic carbocycles. The highest BCUT2D eigenvalue weighted by Gasteiger charge is 2.23. The average Bonchev–Trinajstić information content (AvgIpc) is 3.25. The van der Waals surface area contributed by atoms with Crippen molar-refractivity contribution in [2.75, 3.05) is 13.7 Å². The van der Waals surface area contributed by atoms with Gasteiger partial charge in [0, 0.05) is 29.8 Å². The number of nitro groups is 1. The summed E-state index contributed by atoms with van der Waals surface area (Å²) in [6.45, 7) is 2.55. The molecule has 164 valence electrons. The smallest absolute Gasteiger partial charge is 0.311 e. The first kappa shape index (κ1) is 22.3. The molecular formula is C24H28N2O5. The number of H-pyrrole nitrogens is 1. The molecule has 0 atom stereocenters. The molecule has 31 heavy (non-hydrogen) atoms. The first-order valence-corrected chi connectivity index (χ1v) is 10.6. The van der Waals surface area contributed by atoms with Gasteiger partial charge in [-0.05, 0) is 53.6 Å². The molecule has 1 aromatic heterocycles. The van der Waals surface area contributed by atoms with Crippen molar-refractivity contribution in [2.45, 2.75) is 45.4 Å². The topological polar surface area (TPSA) is 94.5 Å². The van der Waals surface area contributed by atoms with Gasteiger partial charge in [-0.15, -0.1) is 0 Å². The number of fused-ring (bicyclic) bond motifs is 1. The third-order valence-electron chi connectivity index (χ3n) is 5.28. The minimum absolute atomic E-state index is 0.0815. The highest BCUT2D eigenvalue weighted by atomic mass is 16.6. The minimum Gasteiger partial charge on any atom is -0.486 e. The van der Waals surface area contributed by atoms with Gasteiger partial charge < -0.3 is 14.5 Å². The Balaban J connectivity index is 2.02. The van der Waals surface area contributed by atoms with Crippen LogP contribution in [0.3, 0.4) is 0 Å². The van der Waals surface area contributed by atoms with Crippen molar-refractivity contribution >= 4 is 22.6 Å². The third kappa shape index (κ3) is 5.63. The molecule has 0 aliphatic heterocycles. The number of carbonyl (C=O) groups is 1. The summed E-state index contributed by atoms with van der Waals surface area (Å²) in [6.07, 6.45) is 6.43. The molecule has 1 heterocycles. The number of esters is 1. The summed E-state index contributed by atoms with van der Waals surface area (Å²) in [7, 11) is 1.33. The summed E-state index contributed by atoms with van der Waals surface area (Å²) in [6, 6.07) is 11.2. The number of unbranched alkanes of at least 4 members (excludes halogenated alkanes) is 3. The molecule has 0 radical (unpaired) electrons. The van der Waals surface area contributed by atoms with Crippen LogP contribution in [0.25, 0.3) is 22.0 Å². The number of ether oxygens (including phenoxy) is 2. The standard InChI is InChI=1S/C24H28N2O5/c1-3-4-5-6-13-31-24-20(18-8-9-21-19(16-18)11-12-25-21)14-17(7-10-23(27)30-2)15-22(24)26(28)29/h8-9,11-12,14-16,25H,3-7,10,13H2,1-2H3. The normalized spacial score (nSPS) is 10.9. The zero-order chi connectivity index (χ0) is 22.2. The highest BCUT2D eigenvalue weighted by Crippen LogP contribution is 2.40. The van der Waals surface area contributed by atoms with Gasteiger partial charge >= 0.3 is 11.7 Å². The lowest BCUT2D eigenvalue weighted by molar-refractivity contribution is -0.385. The molecule has 0 amide bonds. The lowest BCUT2D eigenvalue weighted by Crippen LogP contribution is -2.05. The fraction of sp³-hybridized carbons (Fsp3) is 0.375. The van der Waals surface area contributed by atoms with E-state index in [9.17, 15) is 14.9 Å². The molecule has 0 aliphatic carbocycles. The second-order valence-electron chi connectivity index (χ2n) is 7.51. The number of nitrogens with one attached hydrogen (secondary N) is 1. The van der Waals surface area contributed by atoms with Crippen LogP contribution in [-0.4, -0.2) is 29.6 Å². The van der Waals surface area contributed by atoms with Crippen molar-refractivity contribution in [3.05, 3.63) is 58.3 Å². The SMILES string of the molecule is CCCCCCOc1c(-c2ccc3[nH]ccc3c2)cc(CCC(=O)OC)cc1[N+](=O)[O-]. The molecule has 1 N–H and O–H groups in total. The van der Waals surface area contributed by atoms with Gasteiger partial charge in [-0.3, -0.25) is 14.9 Å². The first-order chi connectivity index (χ1) is 15.0. The van der Waals surface area contributed by atoms with Gasteiger partial charge in [-0.25, -0.2) is 0 Å². The molecule has 7 heteroatoms. The predicted octanol–water partition coefficient (Wildman–Crippen LogP) is 5.81. The Morgan fingerprint density at radius 1 is 1.13 bits per heavy atom. The number of carbonyl (C=O) groups excluding carboxylic acids is 1. The number of benzene rings is 2. The van der Waals surface area contributed by atoms with E-state index in [1.807, 2.05) is 36.5 Å². The summed E-state index contributed by atoms with van der Waals surface area (Å²) in [4.78, 5) is 26.2. The van der Waals surface area contributed by atoms with Gasteiger partial charge in [0.05, 0.1) is 18.6 Å². The van der Waals surface area contributed by atoms with Crippen LogP contribution < -0.4 is 4.74 Å². The Bertz CT molecular complexity index is 1060. The van der Waals surface area contributed by atoms with Crippen LogP contribution in [0.1, 0.15) is 44.6 Å². The van der Waals surface area contributed by atoms with Crippen LogP contribution in [0.4, 0.5) is 5.69 Å². The lowest BCUT2D eigenvalue weighted by atomic mass is 9.97. The van der Waals surface area contributed by atoms with Crippen LogP contribution in [0.15, 0.2) is 42.6 Å². The fourth-order valence-electron chi connectivity index (χ4n) is 3.59. The molecule has 0 saturated carbocycles. The predicted molar refractivity (Wildman–Crippen MR) is 120 cm³/mol. The van der Waals surface area contributed by atoms with Crippen LogP contribution in [0.5, 0.6) is 5.75 Å². The van der Waals surface area contributed by atoms with Gasteiger partial charge in [-0.2, -0.15) is 0 Å².